The molecule has 0 N–H and O–H groups in total. The van der Waals surface area contributed by atoms with Gasteiger partial charge in [-0.25, -0.2) is 0 Å². The molecular weight excluding hydrogens is 122 g/mol. The molecule has 0 fully saturated rings. The van der Waals surface area contributed by atoms with Crippen molar-refractivity contribution in [2.45, 2.75) is 27.2 Å². The van der Waals surface area contributed by atoms with Crippen molar-refractivity contribution in [2.24, 2.45) is 16.8 Å². The van der Waals surface area contributed by atoms with E-state index >= 15 is 0 Å². The molecule has 1 atom stereocenters. The smallest absolute Gasteiger partial charge is 0.0394 e. The van der Waals surface area contributed by atoms with Gasteiger partial charge >= 0.3 is 0 Å². The normalized spacial score (nSPS) is 19.8. The number of allylic oxidation sites excluding steroid dienone is 2. The number of hydrogen-bond donors (Lipinski definition) is 0. The lowest BCUT2D eigenvalue weighted by atomic mass is 9.95. The van der Waals surface area contributed by atoms with Gasteiger partial charge in [0.2, 0.25) is 0 Å². The minimum Gasteiger partial charge on any atom is -0.265 e. The molecule has 1 heterocycles. The first-order valence-corrected chi connectivity index (χ1v) is 3.94. The molecule has 0 amide bonds. The van der Waals surface area contributed by atoms with Crippen LogP contribution in [0.5, 0.6) is 0 Å². The summed E-state index contributed by atoms with van der Waals surface area (Å²) in [6, 6.07) is 0. The maximum atomic E-state index is 4.29. The van der Waals surface area contributed by atoms with Crippen molar-refractivity contribution >= 4 is 6.21 Å². The van der Waals surface area contributed by atoms with E-state index in [-0.39, 0.29) is 0 Å². The summed E-state index contributed by atoms with van der Waals surface area (Å²) in [7, 11) is 0. The van der Waals surface area contributed by atoms with Crippen LogP contribution in [-0.2, 0) is 0 Å². The van der Waals surface area contributed by atoms with Gasteiger partial charge < -0.3 is 0 Å². The van der Waals surface area contributed by atoms with Crippen LogP contribution in [0.2, 0.25) is 0 Å². The Kier molecular flexibility index (Phi) is 2.25. The molecule has 0 saturated heterocycles. The van der Waals surface area contributed by atoms with Crippen LogP contribution in [0.4, 0.5) is 0 Å². The summed E-state index contributed by atoms with van der Waals surface area (Å²) in [5.41, 5.74) is 1.27. The highest BCUT2D eigenvalue weighted by atomic mass is 14.8. The molecule has 0 aliphatic carbocycles. The highest BCUT2D eigenvalue weighted by Crippen LogP contribution is 2.22. The Morgan fingerprint density at radius 2 is 2.10 bits per heavy atom. The first-order chi connectivity index (χ1) is 4.72. The van der Waals surface area contributed by atoms with Gasteiger partial charge in [-0.15, -0.1) is 0 Å². The molecule has 1 rings (SSSR count). The highest BCUT2D eigenvalue weighted by Gasteiger charge is 2.12. The molecule has 56 valence electrons. The van der Waals surface area contributed by atoms with E-state index in [2.05, 4.69) is 31.8 Å². The molecule has 0 radical (unpaired) electrons. The minimum absolute atomic E-state index is 0.624. The lowest BCUT2D eigenvalue weighted by molar-refractivity contribution is 0.477. The molecule has 1 unspecified atom stereocenters. The Labute approximate surface area is 62.9 Å². The fourth-order valence-corrected chi connectivity index (χ4v) is 1.03. The van der Waals surface area contributed by atoms with Crippen LogP contribution in [0.3, 0.4) is 0 Å². The first-order valence-electron chi connectivity index (χ1n) is 3.94. The predicted octanol–water partition coefficient (Wildman–Crippen LogP) is 2.64. The molecule has 0 aromatic rings. The maximum Gasteiger partial charge on any atom is 0.0394 e. The average Bonchev–Trinajstić information content (AvgIpc) is 2.36. The van der Waals surface area contributed by atoms with Gasteiger partial charge in [0.1, 0.15) is 0 Å². The molecule has 0 spiro atoms. The van der Waals surface area contributed by atoms with Crippen molar-refractivity contribution in [2.75, 3.05) is 0 Å². The summed E-state index contributed by atoms with van der Waals surface area (Å²) < 4.78 is 0. The van der Waals surface area contributed by atoms with E-state index in [1.165, 1.54) is 5.70 Å². The summed E-state index contributed by atoms with van der Waals surface area (Å²) in [4.78, 5) is 4.29. The largest absolute Gasteiger partial charge is 0.265 e. The average molecular weight is 137 g/mol. The van der Waals surface area contributed by atoms with Gasteiger partial charge in [-0.1, -0.05) is 26.8 Å². The number of rotatable bonds is 2. The molecule has 1 heteroatoms. The number of nitrogens with zero attached hydrogens (tertiary/aromatic N) is 1. The lowest BCUT2D eigenvalue weighted by Crippen LogP contribution is -2.04. The van der Waals surface area contributed by atoms with Gasteiger partial charge in [-0.3, -0.25) is 4.99 Å². The molecule has 0 saturated carbocycles. The fourth-order valence-electron chi connectivity index (χ4n) is 1.03. The summed E-state index contributed by atoms with van der Waals surface area (Å²) in [6.45, 7) is 6.71. The van der Waals surface area contributed by atoms with Crippen molar-refractivity contribution in [3.8, 4) is 0 Å². The SMILES string of the molecule is CC(C)C(C)C1=CCC=N1. The Hall–Kier alpha value is -0.590. The van der Waals surface area contributed by atoms with Crippen LogP contribution >= 0.6 is 0 Å². The number of aliphatic imine (C=N–C) groups is 1. The lowest BCUT2D eigenvalue weighted by Gasteiger charge is -2.13. The third kappa shape index (κ3) is 1.47. The van der Waals surface area contributed by atoms with E-state index in [0.717, 1.165) is 6.42 Å². The molecule has 1 nitrogen and oxygen atoms in total. The Balaban J connectivity index is 2.56. The van der Waals surface area contributed by atoms with Crippen molar-refractivity contribution in [1.29, 1.82) is 0 Å². The summed E-state index contributed by atoms with van der Waals surface area (Å²) in [5.74, 6) is 1.33. The maximum absolute atomic E-state index is 4.29. The molecule has 0 aromatic heterocycles. The Morgan fingerprint density at radius 1 is 1.40 bits per heavy atom. The van der Waals surface area contributed by atoms with Gasteiger partial charge in [0, 0.05) is 24.3 Å². The monoisotopic (exact) mass is 137 g/mol. The zero-order valence-corrected chi connectivity index (χ0v) is 6.96. The Morgan fingerprint density at radius 3 is 2.50 bits per heavy atom. The van der Waals surface area contributed by atoms with Crippen LogP contribution in [0.15, 0.2) is 16.8 Å². The van der Waals surface area contributed by atoms with Crippen LogP contribution in [0, 0.1) is 11.8 Å². The van der Waals surface area contributed by atoms with E-state index in [1.54, 1.807) is 0 Å². The van der Waals surface area contributed by atoms with Crippen molar-refractivity contribution in [3.63, 3.8) is 0 Å². The van der Waals surface area contributed by atoms with Crippen molar-refractivity contribution < 1.29 is 0 Å². The van der Waals surface area contributed by atoms with Gasteiger partial charge in [-0.05, 0) is 5.92 Å². The molecule has 1 aliphatic heterocycles. The standard InChI is InChI=1S/C9H15N/c1-7(2)8(3)9-5-4-6-10-9/h5-8H,4H2,1-3H3. The fraction of sp³-hybridized carbons (Fsp3) is 0.667. The third-order valence-corrected chi connectivity index (χ3v) is 2.14. The molecule has 0 bridgehead atoms. The zero-order valence-electron chi connectivity index (χ0n) is 6.96. The summed E-state index contributed by atoms with van der Waals surface area (Å²) in [5, 5.41) is 0. The van der Waals surface area contributed by atoms with Crippen LogP contribution in [-0.4, -0.2) is 6.21 Å². The molecule has 1 aliphatic rings. The van der Waals surface area contributed by atoms with Gasteiger partial charge in [0.05, 0.1) is 0 Å². The Bertz CT molecular complexity index is 166. The molecular formula is C9H15N. The second-order valence-corrected chi connectivity index (χ2v) is 3.21. The zero-order chi connectivity index (χ0) is 7.56. The molecule has 10 heavy (non-hydrogen) atoms. The van der Waals surface area contributed by atoms with Gasteiger partial charge in [0.15, 0.2) is 0 Å². The first kappa shape index (κ1) is 7.52. The second kappa shape index (κ2) is 3.00. The third-order valence-electron chi connectivity index (χ3n) is 2.14. The van der Waals surface area contributed by atoms with E-state index in [9.17, 15) is 0 Å². The van der Waals surface area contributed by atoms with Crippen molar-refractivity contribution in [3.05, 3.63) is 11.8 Å². The van der Waals surface area contributed by atoms with E-state index < -0.39 is 0 Å². The predicted molar refractivity (Wildman–Crippen MR) is 45.2 cm³/mol. The van der Waals surface area contributed by atoms with Crippen LogP contribution in [0.25, 0.3) is 0 Å². The van der Waals surface area contributed by atoms with E-state index in [4.69, 9.17) is 0 Å². The van der Waals surface area contributed by atoms with Gasteiger partial charge in [0.25, 0.3) is 0 Å². The van der Waals surface area contributed by atoms with Crippen LogP contribution in [0.1, 0.15) is 27.2 Å². The second-order valence-electron chi connectivity index (χ2n) is 3.21. The van der Waals surface area contributed by atoms with E-state index in [1.807, 2.05) is 6.21 Å². The van der Waals surface area contributed by atoms with Gasteiger partial charge in [-0.2, -0.15) is 0 Å². The minimum atomic E-state index is 0.624. The van der Waals surface area contributed by atoms with Crippen molar-refractivity contribution in [1.82, 2.24) is 0 Å². The molecule has 0 aromatic carbocycles. The number of hydrogen-bond acceptors (Lipinski definition) is 1. The summed E-state index contributed by atoms with van der Waals surface area (Å²) >= 11 is 0. The quantitative estimate of drug-likeness (QED) is 0.554. The summed E-state index contributed by atoms with van der Waals surface area (Å²) in [6.07, 6.45) is 5.23. The van der Waals surface area contributed by atoms with Crippen LogP contribution < -0.4 is 0 Å². The van der Waals surface area contributed by atoms with E-state index in [0.29, 0.717) is 11.8 Å². The highest BCUT2D eigenvalue weighted by molar-refractivity contribution is 5.64. The topological polar surface area (TPSA) is 12.4 Å².